The molecule has 4 heteroatoms. The molecule has 0 amide bonds. The van der Waals surface area contributed by atoms with Crippen LogP contribution < -0.4 is 15.4 Å². The van der Waals surface area contributed by atoms with Gasteiger partial charge in [-0.1, -0.05) is 18.6 Å². The minimum absolute atomic E-state index is 0.475. The van der Waals surface area contributed by atoms with E-state index in [1.54, 1.807) is 7.11 Å². The van der Waals surface area contributed by atoms with Gasteiger partial charge in [-0.3, -0.25) is 0 Å². The molecule has 20 heavy (non-hydrogen) atoms. The van der Waals surface area contributed by atoms with Crippen molar-refractivity contribution in [3.63, 3.8) is 0 Å². The van der Waals surface area contributed by atoms with E-state index in [2.05, 4.69) is 11.0 Å². The molecule has 3 rings (SSSR count). The Morgan fingerprint density at radius 3 is 2.85 bits per heavy atom. The summed E-state index contributed by atoms with van der Waals surface area (Å²) in [7, 11) is 1.70. The third kappa shape index (κ3) is 2.37. The first-order valence-electron chi connectivity index (χ1n) is 7.45. The molecule has 0 spiro atoms. The van der Waals surface area contributed by atoms with Crippen molar-refractivity contribution in [2.24, 2.45) is 11.7 Å². The van der Waals surface area contributed by atoms with Gasteiger partial charge in [0, 0.05) is 24.2 Å². The number of piperidine rings is 1. The Hall–Kier alpha value is -1.29. The number of anilines is 1. The van der Waals surface area contributed by atoms with Gasteiger partial charge >= 0.3 is 0 Å². The quantitative estimate of drug-likeness (QED) is 0.868. The summed E-state index contributed by atoms with van der Waals surface area (Å²) in [4.78, 5) is 3.00. The molecule has 1 aliphatic carbocycles. The van der Waals surface area contributed by atoms with E-state index in [0.29, 0.717) is 11.0 Å². The molecule has 2 unspecified atom stereocenters. The summed E-state index contributed by atoms with van der Waals surface area (Å²) in [6.07, 6.45) is 6.63. The summed E-state index contributed by atoms with van der Waals surface area (Å²) in [5.74, 6) is 1.72. The van der Waals surface area contributed by atoms with E-state index < -0.39 is 0 Å². The lowest BCUT2D eigenvalue weighted by Crippen LogP contribution is -2.43. The van der Waals surface area contributed by atoms with Crippen LogP contribution in [0.15, 0.2) is 18.2 Å². The lowest BCUT2D eigenvalue weighted by atomic mass is 9.91. The number of nitrogens with two attached hydrogens (primary N) is 1. The van der Waals surface area contributed by atoms with Crippen LogP contribution in [0.5, 0.6) is 5.75 Å². The second-order valence-corrected chi connectivity index (χ2v) is 6.28. The standard InChI is InChI=1S/C16H22N2OS/c1-19-12-7-8-13(16(17)20)15(10-12)18-9-3-5-11-4-2-6-14(11)18/h7-8,10-11,14H,2-6,9H2,1H3,(H2,17,20). The smallest absolute Gasteiger partial charge is 0.120 e. The normalized spacial score (nSPS) is 25.4. The Morgan fingerprint density at radius 1 is 1.30 bits per heavy atom. The fourth-order valence-electron chi connectivity index (χ4n) is 3.84. The number of methoxy groups -OCH3 is 1. The molecule has 1 heterocycles. The van der Waals surface area contributed by atoms with E-state index in [1.807, 2.05) is 12.1 Å². The van der Waals surface area contributed by atoms with Crippen molar-refractivity contribution in [3.05, 3.63) is 23.8 Å². The van der Waals surface area contributed by atoms with Crippen molar-refractivity contribution >= 4 is 22.9 Å². The van der Waals surface area contributed by atoms with Gasteiger partial charge in [0.1, 0.15) is 10.7 Å². The lowest BCUT2D eigenvalue weighted by Gasteiger charge is -2.40. The van der Waals surface area contributed by atoms with Gasteiger partial charge in [0.05, 0.1) is 12.8 Å². The minimum atomic E-state index is 0.475. The fourth-order valence-corrected chi connectivity index (χ4v) is 4.01. The zero-order chi connectivity index (χ0) is 14.1. The Morgan fingerprint density at radius 2 is 2.10 bits per heavy atom. The van der Waals surface area contributed by atoms with Crippen molar-refractivity contribution in [2.75, 3.05) is 18.6 Å². The van der Waals surface area contributed by atoms with E-state index in [-0.39, 0.29) is 0 Å². The molecule has 1 aromatic carbocycles. The highest BCUT2D eigenvalue weighted by Gasteiger charge is 2.36. The topological polar surface area (TPSA) is 38.5 Å². The van der Waals surface area contributed by atoms with Crippen molar-refractivity contribution in [1.82, 2.24) is 0 Å². The molecule has 2 N–H and O–H groups in total. The molecule has 1 saturated carbocycles. The molecule has 2 fully saturated rings. The summed E-state index contributed by atoms with van der Waals surface area (Å²) in [6, 6.07) is 6.68. The lowest BCUT2D eigenvalue weighted by molar-refractivity contribution is 0.361. The maximum Gasteiger partial charge on any atom is 0.120 e. The number of thiocarbonyl (C=S) groups is 1. The van der Waals surface area contributed by atoms with Crippen LogP contribution in [0.4, 0.5) is 5.69 Å². The average Bonchev–Trinajstić information content (AvgIpc) is 2.94. The largest absolute Gasteiger partial charge is 0.497 e. The number of benzene rings is 1. The Labute approximate surface area is 126 Å². The van der Waals surface area contributed by atoms with Gasteiger partial charge in [-0.2, -0.15) is 0 Å². The number of hydrogen-bond acceptors (Lipinski definition) is 3. The highest BCUT2D eigenvalue weighted by Crippen LogP contribution is 2.40. The summed E-state index contributed by atoms with van der Waals surface area (Å²) in [5, 5.41) is 0. The van der Waals surface area contributed by atoms with Gasteiger partial charge in [0.25, 0.3) is 0 Å². The molecule has 1 aliphatic heterocycles. The third-order valence-corrected chi connectivity index (χ3v) is 4.99. The monoisotopic (exact) mass is 290 g/mol. The molecule has 2 atom stereocenters. The Bertz CT molecular complexity index is 517. The highest BCUT2D eigenvalue weighted by molar-refractivity contribution is 7.80. The summed E-state index contributed by atoms with van der Waals surface area (Å²) in [5.41, 5.74) is 8.05. The van der Waals surface area contributed by atoms with Crippen LogP contribution in [0.25, 0.3) is 0 Å². The molecule has 2 aliphatic rings. The first-order valence-corrected chi connectivity index (χ1v) is 7.86. The van der Waals surface area contributed by atoms with Crippen LogP contribution in [-0.2, 0) is 0 Å². The molecule has 1 saturated heterocycles. The van der Waals surface area contributed by atoms with Crippen LogP contribution in [0.3, 0.4) is 0 Å². The van der Waals surface area contributed by atoms with Crippen molar-refractivity contribution in [2.45, 2.75) is 38.1 Å². The molecular weight excluding hydrogens is 268 g/mol. The van der Waals surface area contributed by atoms with Gasteiger partial charge in [0.2, 0.25) is 0 Å². The first kappa shape index (κ1) is 13.7. The van der Waals surface area contributed by atoms with E-state index in [4.69, 9.17) is 22.7 Å². The molecular formula is C16H22N2OS. The van der Waals surface area contributed by atoms with Gasteiger partial charge in [-0.05, 0) is 43.7 Å². The van der Waals surface area contributed by atoms with Gasteiger partial charge in [-0.15, -0.1) is 0 Å². The minimum Gasteiger partial charge on any atom is -0.497 e. The molecule has 0 bridgehead atoms. The maximum absolute atomic E-state index is 5.91. The fraction of sp³-hybridized carbons (Fsp3) is 0.562. The van der Waals surface area contributed by atoms with Gasteiger partial charge < -0.3 is 15.4 Å². The maximum atomic E-state index is 5.91. The van der Waals surface area contributed by atoms with Crippen molar-refractivity contribution < 1.29 is 4.74 Å². The molecule has 0 radical (unpaired) electrons. The molecule has 3 nitrogen and oxygen atoms in total. The number of fused-ring (bicyclic) bond motifs is 1. The van der Waals surface area contributed by atoms with Crippen LogP contribution in [0.2, 0.25) is 0 Å². The van der Waals surface area contributed by atoms with Gasteiger partial charge in [0.15, 0.2) is 0 Å². The Kier molecular flexibility index (Phi) is 3.83. The number of ether oxygens (including phenoxy) is 1. The zero-order valence-corrected chi connectivity index (χ0v) is 12.8. The number of nitrogens with zero attached hydrogens (tertiary/aromatic N) is 1. The SMILES string of the molecule is COc1ccc(C(N)=S)c(N2CCCC3CCCC32)c1. The predicted octanol–water partition coefficient (Wildman–Crippen LogP) is 3.10. The Balaban J connectivity index is 2.00. The second-order valence-electron chi connectivity index (χ2n) is 5.84. The third-order valence-electron chi connectivity index (χ3n) is 4.77. The van der Waals surface area contributed by atoms with E-state index >= 15 is 0 Å². The molecule has 0 aromatic heterocycles. The van der Waals surface area contributed by atoms with Crippen molar-refractivity contribution in [1.29, 1.82) is 0 Å². The predicted molar refractivity (Wildman–Crippen MR) is 86.6 cm³/mol. The molecule has 1 aromatic rings. The van der Waals surface area contributed by atoms with Crippen LogP contribution in [0.1, 0.15) is 37.7 Å². The van der Waals surface area contributed by atoms with Crippen LogP contribution in [0, 0.1) is 5.92 Å². The number of hydrogen-bond donors (Lipinski definition) is 1. The van der Waals surface area contributed by atoms with E-state index in [0.717, 1.165) is 29.5 Å². The second kappa shape index (κ2) is 5.60. The van der Waals surface area contributed by atoms with E-state index in [1.165, 1.54) is 32.1 Å². The first-order chi connectivity index (χ1) is 9.70. The number of rotatable bonds is 3. The van der Waals surface area contributed by atoms with E-state index in [9.17, 15) is 0 Å². The zero-order valence-electron chi connectivity index (χ0n) is 12.0. The summed E-state index contributed by atoms with van der Waals surface area (Å²) < 4.78 is 5.38. The van der Waals surface area contributed by atoms with Crippen LogP contribution >= 0.6 is 12.2 Å². The van der Waals surface area contributed by atoms with Crippen LogP contribution in [-0.4, -0.2) is 24.7 Å². The molecule has 108 valence electrons. The highest BCUT2D eigenvalue weighted by atomic mass is 32.1. The average molecular weight is 290 g/mol. The summed E-state index contributed by atoms with van der Waals surface area (Å²) >= 11 is 5.23. The van der Waals surface area contributed by atoms with Crippen molar-refractivity contribution in [3.8, 4) is 5.75 Å². The summed E-state index contributed by atoms with van der Waals surface area (Å²) in [6.45, 7) is 1.10. The van der Waals surface area contributed by atoms with Gasteiger partial charge in [-0.25, -0.2) is 0 Å².